The van der Waals surface area contributed by atoms with Crippen LogP contribution in [0.5, 0.6) is 0 Å². The van der Waals surface area contributed by atoms with Crippen LogP contribution in [0.15, 0.2) is 29.9 Å². The van der Waals surface area contributed by atoms with E-state index in [0.29, 0.717) is 0 Å². The normalized spacial score (nSPS) is 16.7. The molecule has 0 unspecified atom stereocenters. The van der Waals surface area contributed by atoms with E-state index in [1.165, 1.54) is 37.0 Å². The van der Waals surface area contributed by atoms with Crippen molar-refractivity contribution >= 4 is 11.3 Å². The van der Waals surface area contributed by atoms with Crippen molar-refractivity contribution in [3.05, 3.63) is 29.9 Å². The Kier molecular flexibility index (Phi) is 3.27. The van der Waals surface area contributed by atoms with E-state index in [1.54, 1.807) is 11.3 Å². The van der Waals surface area contributed by atoms with Gasteiger partial charge in [0.15, 0.2) is 0 Å². The lowest BCUT2D eigenvalue weighted by Crippen LogP contribution is -2.03. The SMILES string of the molecule is c1csc(-c2nccn2CCC2CCCC2)c1. The Bertz CT molecular complexity index is 452. The monoisotopic (exact) mass is 246 g/mol. The molecule has 3 rings (SSSR count). The average Bonchev–Trinajstić information content (AvgIpc) is 3.09. The molecule has 0 bridgehead atoms. The lowest BCUT2D eigenvalue weighted by atomic mass is 10.0. The zero-order chi connectivity index (χ0) is 11.5. The van der Waals surface area contributed by atoms with E-state index in [-0.39, 0.29) is 0 Å². The highest BCUT2D eigenvalue weighted by Crippen LogP contribution is 2.29. The highest BCUT2D eigenvalue weighted by Gasteiger charge is 2.15. The summed E-state index contributed by atoms with van der Waals surface area (Å²) >= 11 is 1.77. The first-order valence-electron chi connectivity index (χ1n) is 6.48. The summed E-state index contributed by atoms with van der Waals surface area (Å²) in [5.74, 6) is 2.09. The van der Waals surface area contributed by atoms with E-state index < -0.39 is 0 Å². The minimum Gasteiger partial charge on any atom is -0.330 e. The van der Waals surface area contributed by atoms with Crippen LogP contribution in [-0.4, -0.2) is 9.55 Å². The van der Waals surface area contributed by atoms with Crippen molar-refractivity contribution in [1.82, 2.24) is 9.55 Å². The number of aryl methyl sites for hydroxylation is 1. The molecule has 1 aliphatic rings. The van der Waals surface area contributed by atoms with Gasteiger partial charge in [0.25, 0.3) is 0 Å². The number of aromatic nitrogens is 2. The molecule has 17 heavy (non-hydrogen) atoms. The van der Waals surface area contributed by atoms with Crippen molar-refractivity contribution in [2.45, 2.75) is 38.6 Å². The van der Waals surface area contributed by atoms with Crippen LogP contribution in [0.1, 0.15) is 32.1 Å². The fourth-order valence-electron chi connectivity index (χ4n) is 2.74. The molecule has 0 spiro atoms. The van der Waals surface area contributed by atoms with Gasteiger partial charge < -0.3 is 4.57 Å². The van der Waals surface area contributed by atoms with Gasteiger partial charge in [0.1, 0.15) is 5.82 Å². The summed E-state index contributed by atoms with van der Waals surface area (Å²) < 4.78 is 2.31. The number of hydrogen-bond acceptors (Lipinski definition) is 2. The van der Waals surface area contributed by atoms with Crippen LogP contribution in [0.2, 0.25) is 0 Å². The quantitative estimate of drug-likeness (QED) is 0.791. The smallest absolute Gasteiger partial charge is 0.149 e. The van der Waals surface area contributed by atoms with E-state index in [2.05, 4.69) is 33.3 Å². The third kappa shape index (κ3) is 2.44. The Balaban J connectivity index is 1.69. The summed E-state index contributed by atoms with van der Waals surface area (Å²) in [4.78, 5) is 5.76. The maximum absolute atomic E-state index is 4.48. The molecule has 90 valence electrons. The fourth-order valence-corrected chi connectivity index (χ4v) is 3.48. The van der Waals surface area contributed by atoms with Crippen LogP contribution < -0.4 is 0 Å². The predicted octanol–water partition coefficient (Wildman–Crippen LogP) is 4.19. The van der Waals surface area contributed by atoms with E-state index in [1.807, 2.05) is 6.20 Å². The second-order valence-corrected chi connectivity index (χ2v) is 5.81. The highest BCUT2D eigenvalue weighted by atomic mass is 32.1. The lowest BCUT2D eigenvalue weighted by Gasteiger charge is -2.11. The molecule has 3 heteroatoms. The molecule has 0 saturated heterocycles. The first-order chi connectivity index (χ1) is 8.43. The third-order valence-electron chi connectivity index (χ3n) is 3.71. The predicted molar refractivity (Wildman–Crippen MR) is 72.1 cm³/mol. The minimum atomic E-state index is 0.952. The van der Waals surface area contributed by atoms with Crippen molar-refractivity contribution < 1.29 is 0 Å². The molecule has 0 aliphatic heterocycles. The molecule has 2 aromatic heterocycles. The first-order valence-corrected chi connectivity index (χ1v) is 7.36. The number of imidazole rings is 1. The van der Waals surface area contributed by atoms with Gasteiger partial charge in [-0.1, -0.05) is 31.7 Å². The summed E-state index contributed by atoms with van der Waals surface area (Å²) in [6.07, 6.45) is 11.1. The standard InChI is InChI=1S/C14H18N2S/c1-2-5-12(4-1)7-9-16-10-8-15-14(16)13-6-3-11-17-13/h3,6,8,10-12H,1-2,4-5,7,9H2. The van der Waals surface area contributed by atoms with Crippen LogP contribution in [0.25, 0.3) is 10.7 Å². The van der Waals surface area contributed by atoms with Crippen molar-refractivity contribution in [1.29, 1.82) is 0 Å². The van der Waals surface area contributed by atoms with Gasteiger partial charge in [-0.3, -0.25) is 0 Å². The van der Waals surface area contributed by atoms with Gasteiger partial charge in [0.05, 0.1) is 4.88 Å². The number of nitrogens with zero attached hydrogens (tertiary/aromatic N) is 2. The van der Waals surface area contributed by atoms with Crippen LogP contribution in [0, 0.1) is 5.92 Å². The third-order valence-corrected chi connectivity index (χ3v) is 4.58. The second kappa shape index (κ2) is 5.05. The van der Waals surface area contributed by atoms with Crippen molar-refractivity contribution in [3.8, 4) is 10.7 Å². The molecular formula is C14H18N2S. The molecule has 2 nitrogen and oxygen atoms in total. The van der Waals surface area contributed by atoms with Crippen LogP contribution in [-0.2, 0) is 6.54 Å². The maximum atomic E-state index is 4.48. The number of thiophene rings is 1. The molecule has 1 saturated carbocycles. The molecule has 2 heterocycles. The first kappa shape index (κ1) is 11.0. The molecule has 2 aromatic rings. The van der Waals surface area contributed by atoms with Gasteiger partial charge in [0.2, 0.25) is 0 Å². The Morgan fingerprint density at radius 2 is 2.24 bits per heavy atom. The van der Waals surface area contributed by atoms with E-state index in [9.17, 15) is 0 Å². The van der Waals surface area contributed by atoms with Gasteiger partial charge >= 0.3 is 0 Å². The Hall–Kier alpha value is -1.09. The molecule has 0 aromatic carbocycles. The zero-order valence-electron chi connectivity index (χ0n) is 10.0. The lowest BCUT2D eigenvalue weighted by molar-refractivity contribution is 0.460. The van der Waals surface area contributed by atoms with Crippen molar-refractivity contribution in [2.75, 3.05) is 0 Å². The van der Waals surface area contributed by atoms with E-state index in [4.69, 9.17) is 0 Å². The molecule has 1 fully saturated rings. The Morgan fingerprint density at radius 3 is 3.00 bits per heavy atom. The Labute approximate surface area is 106 Å². The topological polar surface area (TPSA) is 17.8 Å². The minimum absolute atomic E-state index is 0.952. The summed E-state index contributed by atoms with van der Waals surface area (Å²) in [6.45, 7) is 1.12. The van der Waals surface area contributed by atoms with Crippen LogP contribution >= 0.6 is 11.3 Å². The Morgan fingerprint density at radius 1 is 1.35 bits per heavy atom. The molecular weight excluding hydrogens is 228 g/mol. The van der Waals surface area contributed by atoms with Crippen molar-refractivity contribution in [2.24, 2.45) is 5.92 Å². The van der Waals surface area contributed by atoms with E-state index in [0.717, 1.165) is 18.3 Å². The highest BCUT2D eigenvalue weighted by molar-refractivity contribution is 7.13. The molecule has 0 radical (unpaired) electrons. The molecule has 0 atom stereocenters. The molecule has 1 aliphatic carbocycles. The van der Waals surface area contributed by atoms with Gasteiger partial charge in [-0.2, -0.15) is 0 Å². The van der Waals surface area contributed by atoms with Gasteiger partial charge in [-0.15, -0.1) is 11.3 Å². The summed E-state index contributed by atoms with van der Waals surface area (Å²) in [6, 6.07) is 4.25. The van der Waals surface area contributed by atoms with Crippen molar-refractivity contribution in [3.63, 3.8) is 0 Å². The van der Waals surface area contributed by atoms with Gasteiger partial charge in [0, 0.05) is 18.9 Å². The largest absolute Gasteiger partial charge is 0.330 e. The summed E-state index contributed by atoms with van der Waals surface area (Å²) in [7, 11) is 0. The molecule has 0 N–H and O–H groups in total. The van der Waals surface area contributed by atoms with E-state index >= 15 is 0 Å². The number of rotatable bonds is 4. The van der Waals surface area contributed by atoms with Crippen LogP contribution in [0.4, 0.5) is 0 Å². The average molecular weight is 246 g/mol. The zero-order valence-corrected chi connectivity index (χ0v) is 10.8. The fraction of sp³-hybridized carbons (Fsp3) is 0.500. The maximum Gasteiger partial charge on any atom is 0.149 e. The number of hydrogen-bond donors (Lipinski definition) is 0. The molecule has 0 amide bonds. The summed E-state index contributed by atoms with van der Waals surface area (Å²) in [5.41, 5.74) is 0. The van der Waals surface area contributed by atoms with Gasteiger partial charge in [-0.05, 0) is 23.8 Å². The second-order valence-electron chi connectivity index (χ2n) is 4.86. The summed E-state index contributed by atoms with van der Waals surface area (Å²) in [5, 5.41) is 2.12. The van der Waals surface area contributed by atoms with Crippen LogP contribution in [0.3, 0.4) is 0 Å². The van der Waals surface area contributed by atoms with Gasteiger partial charge in [-0.25, -0.2) is 4.98 Å².